The first-order chi connectivity index (χ1) is 12.2. The summed E-state index contributed by atoms with van der Waals surface area (Å²) in [5.41, 5.74) is 2.31. The maximum absolute atomic E-state index is 5.98. The van der Waals surface area contributed by atoms with Gasteiger partial charge in [-0.1, -0.05) is 18.2 Å². The van der Waals surface area contributed by atoms with Crippen molar-refractivity contribution < 1.29 is 4.74 Å². The van der Waals surface area contributed by atoms with E-state index >= 15 is 0 Å². The van der Waals surface area contributed by atoms with E-state index < -0.39 is 0 Å². The molecule has 2 aromatic rings. The van der Waals surface area contributed by atoms with Gasteiger partial charge in [0.1, 0.15) is 5.75 Å². The molecular weight excluding hydrogens is 314 g/mol. The van der Waals surface area contributed by atoms with E-state index in [1.165, 1.54) is 12.8 Å². The van der Waals surface area contributed by atoms with Crippen LogP contribution in [0.1, 0.15) is 24.0 Å². The Morgan fingerprint density at radius 1 is 1.40 bits per heavy atom. The fourth-order valence-corrected chi connectivity index (χ4v) is 2.74. The van der Waals surface area contributed by atoms with E-state index in [9.17, 15) is 0 Å². The highest BCUT2D eigenvalue weighted by Crippen LogP contribution is 2.30. The highest BCUT2D eigenvalue weighted by atomic mass is 16.5. The molecule has 1 aliphatic rings. The number of para-hydroxylation sites is 1. The van der Waals surface area contributed by atoms with E-state index in [-0.39, 0.29) is 0 Å². The second-order valence-electron chi connectivity index (χ2n) is 6.64. The third kappa shape index (κ3) is 4.98. The van der Waals surface area contributed by atoms with Gasteiger partial charge >= 0.3 is 0 Å². The number of nitrogens with one attached hydrogen (secondary N) is 1. The van der Waals surface area contributed by atoms with Gasteiger partial charge in [-0.2, -0.15) is 5.10 Å². The minimum absolute atomic E-state index is 0.685. The predicted molar refractivity (Wildman–Crippen MR) is 99.5 cm³/mol. The molecule has 6 nitrogen and oxygen atoms in total. The van der Waals surface area contributed by atoms with Crippen LogP contribution in [0, 0.1) is 5.92 Å². The van der Waals surface area contributed by atoms with E-state index in [2.05, 4.69) is 26.4 Å². The van der Waals surface area contributed by atoms with Crippen LogP contribution < -0.4 is 10.1 Å². The van der Waals surface area contributed by atoms with Crippen LogP contribution in [0.2, 0.25) is 0 Å². The number of ether oxygens (including phenoxy) is 1. The Kier molecular flexibility index (Phi) is 5.58. The number of aryl methyl sites for hydroxylation is 1. The Morgan fingerprint density at radius 3 is 2.88 bits per heavy atom. The van der Waals surface area contributed by atoms with Gasteiger partial charge in [0.25, 0.3) is 0 Å². The highest BCUT2D eigenvalue weighted by Gasteiger charge is 2.22. The highest BCUT2D eigenvalue weighted by molar-refractivity contribution is 5.79. The van der Waals surface area contributed by atoms with Gasteiger partial charge in [0.05, 0.1) is 12.8 Å². The van der Waals surface area contributed by atoms with E-state index in [1.54, 1.807) is 7.05 Å². The molecule has 1 aliphatic carbocycles. The molecule has 0 radical (unpaired) electrons. The smallest absolute Gasteiger partial charge is 0.193 e. The number of nitrogens with zero attached hydrogens (tertiary/aromatic N) is 4. The minimum Gasteiger partial charge on any atom is -0.493 e. The van der Waals surface area contributed by atoms with Crippen molar-refractivity contribution in [1.29, 1.82) is 0 Å². The molecule has 0 spiro atoms. The molecular formula is C19H27N5O. The van der Waals surface area contributed by atoms with Crippen LogP contribution in [0.4, 0.5) is 0 Å². The second kappa shape index (κ2) is 8.05. The molecule has 1 heterocycles. The molecule has 134 valence electrons. The molecule has 1 fully saturated rings. The Morgan fingerprint density at radius 2 is 2.20 bits per heavy atom. The quantitative estimate of drug-likeness (QED) is 0.621. The third-order valence-corrected chi connectivity index (χ3v) is 4.33. The van der Waals surface area contributed by atoms with Crippen molar-refractivity contribution >= 4 is 5.96 Å². The number of aliphatic imine (C=N–C) groups is 1. The summed E-state index contributed by atoms with van der Waals surface area (Å²) >= 11 is 0. The zero-order valence-electron chi connectivity index (χ0n) is 15.3. The number of guanidine groups is 1. The maximum atomic E-state index is 5.98. The van der Waals surface area contributed by atoms with Crippen molar-refractivity contribution in [3.05, 3.63) is 47.8 Å². The lowest BCUT2D eigenvalue weighted by Crippen LogP contribution is -2.38. The van der Waals surface area contributed by atoms with Gasteiger partial charge in [-0.15, -0.1) is 0 Å². The normalized spacial score (nSPS) is 14.4. The average Bonchev–Trinajstić information content (AvgIpc) is 3.36. The minimum atomic E-state index is 0.685. The fourth-order valence-electron chi connectivity index (χ4n) is 2.74. The zero-order chi connectivity index (χ0) is 17.6. The van der Waals surface area contributed by atoms with Gasteiger partial charge in [0, 0.05) is 51.6 Å². The van der Waals surface area contributed by atoms with Crippen LogP contribution in [0.5, 0.6) is 5.75 Å². The first-order valence-electron chi connectivity index (χ1n) is 8.75. The van der Waals surface area contributed by atoms with E-state index in [4.69, 9.17) is 4.74 Å². The van der Waals surface area contributed by atoms with Crippen LogP contribution >= 0.6 is 0 Å². The van der Waals surface area contributed by atoms with Gasteiger partial charge in [0.2, 0.25) is 0 Å². The van der Waals surface area contributed by atoms with Crippen LogP contribution in [-0.4, -0.2) is 41.3 Å². The van der Waals surface area contributed by atoms with Crippen molar-refractivity contribution in [2.45, 2.75) is 25.9 Å². The lowest BCUT2D eigenvalue weighted by Gasteiger charge is -2.22. The van der Waals surface area contributed by atoms with Crippen molar-refractivity contribution in [2.24, 2.45) is 18.0 Å². The first-order valence-corrected chi connectivity index (χ1v) is 8.75. The molecule has 0 saturated heterocycles. The van der Waals surface area contributed by atoms with Gasteiger partial charge in [0.15, 0.2) is 5.96 Å². The summed E-state index contributed by atoms with van der Waals surface area (Å²) in [6.07, 6.45) is 6.49. The van der Waals surface area contributed by atoms with E-state index in [1.807, 2.05) is 49.4 Å². The first kappa shape index (κ1) is 17.3. The Hall–Kier alpha value is -2.50. The summed E-state index contributed by atoms with van der Waals surface area (Å²) in [5, 5.41) is 7.64. The molecule has 1 aromatic heterocycles. The largest absolute Gasteiger partial charge is 0.493 e. The maximum Gasteiger partial charge on any atom is 0.193 e. The average molecular weight is 341 g/mol. The van der Waals surface area contributed by atoms with Crippen molar-refractivity contribution in [1.82, 2.24) is 20.0 Å². The van der Waals surface area contributed by atoms with E-state index in [0.29, 0.717) is 6.54 Å². The SMILES string of the molecule is CN=C(NCc1ccccc1OCC1CC1)N(C)Cc1cnn(C)c1. The molecule has 0 amide bonds. The van der Waals surface area contributed by atoms with Gasteiger partial charge in [-0.25, -0.2) is 0 Å². The summed E-state index contributed by atoms with van der Waals surface area (Å²) < 4.78 is 7.79. The molecule has 1 N–H and O–H groups in total. The number of aromatic nitrogens is 2. The van der Waals surface area contributed by atoms with Crippen LogP contribution in [0.25, 0.3) is 0 Å². The number of rotatable bonds is 7. The summed E-state index contributed by atoms with van der Waals surface area (Å²) in [7, 11) is 5.75. The molecule has 0 bridgehead atoms. The topological polar surface area (TPSA) is 54.7 Å². The van der Waals surface area contributed by atoms with Crippen molar-refractivity contribution in [3.63, 3.8) is 0 Å². The fraction of sp³-hybridized carbons (Fsp3) is 0.474. The van der Waals surface area contributed by atoms with Gasteiger partial charge in [-0.3, -0.25) is 9.67 Å². The van der Waals surface area contributed by atoms with Gasteiger partial charge < -0.3 is 15.0 Å². The van der Waals surface area contributed by atoms with Crippen LogP contribution in [0.3, 0.4) is 0 Å². The Labute approximate surface area is 149 Å². The van der Waals surface area contributed by atoms with Crippen LogP contribution in [-0.2, 0) is 20.1 Å². The molecule has 25 heavy (non-hydrogen) atoms. The number of benzene rings is 1. The monoisotopic (exact) mass is 341 g/mol. The summed E-state index contributed by atoms with van der Waals surface area (Å²) in [6.45, 7) is 2.27. The zero-order valence-corrected chi connectivity index (χ0v) is 15.3. The Balaban J connectivity index is 1.57. The molecule has 1 saturated carbocycles. The summed E-state index contributed by atoms with van der Waals surface area (Å²) in [6, 6.07) is 8.21. The summed E-state index contributed by atoms with van der Waals surface area (Å²) in [5.74, 6) is 2.56. The molecule has 3 rings (SSSR count). The number of hydrogen-bond donors (Lipinski definition) is 1. The Bertz CT molecular complexity index is 720. The second-order valence-corrected chi connectivity index (χ2v) is 6.64. The van der Waals surface area contributed by atoms with Crippen molar-refractivity contribution in [3.8, 4) is 5.75 Å². The van der Waals surface area contributed by atoms with Gasteiger partial charge in [-0.05, 0) is 24.8 Å². The molecule has 0 unspecified atom stereocenters. The third-order valence-electron chi connectivity index (χ3n) is 4.33. The molecule has 0 atom stereocenters. The standard InChI is InChI=1S/C19H27N5O/c1-20-19(23(2)12-16-10-22-24(3)13-16)21-11-17-6-4-5-7-18(17)25-14-15-8-9-15/h4-7,10,13,15H,8-9,11-12,14H2,1-3H3,(H,20,21). The number of hydrogen-bond acceptors (Lipinski definition) is 3. The van der Waals surface area contributed by atoms with E-state index in [0.717, 1.165) is 41.9 Å². The van der Waals surface area contributed by atoms with Crippen LogP contribution in [0.15, 0.2) is 41.7 Å². The molecule has 1 aromatic carbocycles. The van der Waals surface area contributed by atoms with Crippen molar-refractivity contribution in [2.75, 3.05) is 20.7 Å². The molecule has 0 aliphatic heterocycles. The lowest BCUT2D eigenvalue weighted by molar-refractivity contribution is 0.296. The molecule has 6 heteroatoms. The summed E-state index contributed by atoms with van der Waals surface area (Å²) in [4.78, 5) is 6.47. The lowest BCUT2D eigenvalue weighted by atomic mass is 10.2. The predicted octanol–water partition coefficient (Wildman–Crippen LogP) is 2.42.